The third-order valence-corrected chi connectivity index (χ3v) is 5.06. The first-order chi connectivity index (χ1) is 15.9. The van der Waals surface area contributed by atoms with Gasteiger partial charge in [0.1, 0.15) is 29.5 Å². The Balaban J connectivity index is 2.08. The minimum absolute atomic E-state index is 0.0556. The quantitative estimate of drug-likeness (QED) is 0.241. The van der Waals surface area contributed by atoms with Crippen LogP contribution in [0.1, 0.15) is 46.5 Å². The molecule has 0 saturated carbocycles. The van der Waals surface area contributed by atoms with Gasteiger partial charge < -0.3 is 14.6 Å². The lowest BCUT2D eigenvalue weighted by atomic mass is 9.97. The zero-order valence-electron chi connectivity index (χ0n) is 19.0. The van der Waals surface area contributed by atoms with Crippen LogP contribution in [0.15, 0.2) is 72.3 Å². The van der Waals surface area contributed by atoms with Crippen LogP contribution in [0.4, 0.5) is 4.39 Å². The van der Waals surface area contributed by atoms with E-state index in [0.717, 1.165) is 16.7 Å². The number of ether oxygens (including phenoxy) is 2. The molecule has 0 unspecified atom stereocenters. The third kappa shape index (κ3) is 6.32. The number of benzene rings is 3. The van der Waals surface area contributed by atoms with Gasteiger partial charge in [-0.15, -0.1) is 0 Å². The molecule has 0 saturated heterocycles. The molecule has 5 heteroatoms. The molecule has 0 radical (unpaired) electrons. The predicted octanol–water partition coefficient (Wildman–Crippen LogP) is 6.58. The first-order valence-corrected chi connectivity index (χ1v) is 10.6. The van der Waals surface area contributed by atoms with Crippen molar-refractivity contribution in [2.75, 3.05) is 7.11 Å². The Morgan fingerprint density at radius 2 is 1.73 bits per heavy atom. The number of hydrogen-bond acceptors (Lipinski definition) is 4. The molecule has 4 nitrogen and oxygen atoms in total. The number of hydrogen-bond donors (Lipinski definition) is 1. The maximum absolute atomic E-state index is 13.2. The molecule has 0 heterocycles. The molecule has 170 valence electrons. The second-order valence-electron chi connectivity index (χ2n) is 7.80. The number of carbonyl (C=O) groups excluding carboxylic acids is 1. The normalized spacial score (nSPS) is 10.8. The van der Waals surface area contributed by atoms with Crippen LogP contribution in [-0.2, 0) is 17.8 Å². The Hall–Kier alpha value is -3.86. The average Bonchev–Trinajstić information content (AvgIpc) is 2.81. The summed E-state index contributed by atoms with van der Waals surface area (Å²) in [5.74, 6) is -0.691. The fraction of sp³-hybridized carbons (Fsp3) is 0.179. The summed E-state index contributed by atoms with van der Waals surface area (Å²) < 4.78 is 24.3. The van der Waals surface area contributed by atoms with Crippen molar-refractivity contribution in [1.82, 2.24) is 0 Å². The highest BCUT2D eigenvalue weighted by Gasteiger charge is 2.23. The van der Waals surface area contributed by atoms with E-state index >= 15 is 0 Å². The highest BCUT2D eigenvalue weighted by Crippen LogP contribution is 2.37. The molecule has 0 aliphatic heterocycles. The number of aromatic hydroxyl groups is 1. The zero-order valence-corrected chi connectivity index (χ0v) is 19.0. The summed E-state index contributed by atoms with van der Waals surface area (Å²) in [5.41, 5.74) is 3.79. The fourth-order valence-electron chi connectivity index (χ4n) is 3.28. The molecule has 0 spiro atoms. The van der Waals surface area contributed by atoms with Crippen molar-refractivity contribution in [1.29, 1.82) is 0 Å². The van der Waals surface area contributed by atoms with Gasteiger partial charge in [-0.05, 0) is 55.2 Å². The monoisotopic (exact) mass is 446 g/mol. The van der Waals surface area contributed by atoms with Gasteiger partial charge >= 0.3 is 5.97 Å². The van der Waals surface area contributed by atoms with Gasteiger partial charge in [-0.1, -0.05) is 66.3 Å². The van der Waals surface area contributed by atoms with Gasteiger partial charge in [0.2, 0.25) is 0 Å². The van der Waals surface area contributed by atoms with E-state index in [1.807, 2.05) is 50.3 Å². The minimum Gasteiger partial charge on any atom is -0.507 e. The topological polar surface area (TPSA) is 55.8 Å². The molecule has 0 fully saturated rings. The Kier molecular flexibility index (Phi) is 8.03. The van der Waals surface area contributed by atoms with Crippen molar-refractivity contribution in [3.8, 4) is 11.5 Å². The Labute approximate surface area is 193 Å². The first-order valence-electron chi connectivity index (χ1n) is 10.6. The van der Waals surface area contributed by atoms with E-state index in [9.17, 15) is 14.3 Å². The Morgan fingerprint density at radius 3 is 2.36 bits per heavy atom. The molecular formula is C28H27FO4. The molecule has 33 heavy (non-hydrogen) atoms. The summed E-state index contributed by atoms with van der Waals surface area (Å²) in [6, 6.07) is 17.4. The molecular weight excluding hydrogens is 419 g/mol. The summed E-state index contributed by atoms with van der Waals surface area (Å²) in [7, 11) is 1.27. The molecule has 3 aromatic carbocycles. The predicted molar refractivity (Wildman–Crippen MR) is 129 cm³/mol. The van der Waals surface area contributed by atoms with Crippen LogP contribution in [0.3, 0.4) is 0 Å². The van der Waals surface area contributed by atoms with Gasteiger partial charge in [-0.3, -0.25) is 0 Å². The number of rotatable bonds is 8. The number of allylic oxidation sites excluding steroid dienone is 2. The van der Waals surface area contributed by atoms with E-state index in [4.69, 9.17) is 9.47 Å². The molecule has 0 bridgehead atoms. The summed E-state index contributed by atoms with van der Waals surface area (Å²) >= 11 is 0. The number of phenolic OH excluding ortho intramolecular Hbond substituents is 1. The van der Waals surface area contributed by atoms with Gasteiger partial charge in [0.25, 0.3) is 0 Å². The summed E-state index contributed by atoms with van der Waals surface area (Å²) in [6.07, 6.45) is 5.76. The zero-order chi connectivity index (χ0) is 23.8. The van der Waals surface area contributed by atoms with Crippen molar-refractivity contribution in [2.24, 2.45) is 0 Å². The van der Waals surface area contributed by atoms with Gasteiger partial charge in [0.15, 0.2) is 0 Å². The van der Waals surface area contributed by atoms with E-state index in [1.54, 1.807) is 30.4 Å². The minimum atomic E-state index is -0.653. The summed E-state index contributed by atoms with van der Waals surface area (Å²) in [4.78, 5) is 12.6. The van der Waals surface area contributed by atoms with Crippen molar-refractivity contribution in [3.63, 3.8) is 0 Å². The molecule has 0 aliphatic carbocycles. The lowest BCUT2D eigenvalue weighted by Crippen LogP contribution is -2.08. The van der Waals surface area contributed by atoms with E-state index < -0.39 is 5.97 Å². The van der Waals surface area contributed by atoms with E-state index in [2.05, 4.69) is 0 Å². The Bertz CT molecular complexity index is 1160. The molecule has 3 rings (SSSR count). The molecule has 3 aromatic rings. The maximum atomic E-state index is 13.2. The highest BCUT2D eigenvalue weighted by molar-refractivity contribution is 5.98. The molecule has 0 amide bonds. The van der Waals surface area contributed by atoms with Crippen LogP contribution < -0.4 is 4.74 Å². The van der Waals surface area contributed by atoms with E-state index in [-0.39, 0.29) is 17.1 Å². The number of esters is 1. The van der Waals surface area contributed by atoms with Gasteiger partial charge in [-0.2, -0.15) is 0 Å². The molecule has 0 atom stereocenters. The summed E-state index contributed by atoms with van der Waals surface area (Å²) in [6.45, 7) is 4.23. The largest absolute Gasteiger partial charge is 0.507 e. The Morgan fingerprint density at radius 1 is 1.03 bits per heavy atom. The second kappa shape index (κ2) is 11.1. The van der Waals surface area contributed by atoms with Gasteiger partial charge in [-0.25, -0.2) is 9.18 Å². The second-order valence-corrected chi connectivity index (χ2v) is 7.80. The lowest BCUT2D eigenvalue weighted by Gasteiger charge is -2.17. The van der Waals surface area contributed by atoms with Crippen LogP contribution in [0.5, 0.6) is 11.5 Å². The standard InChI is InChI=1S/C28H27FO4/c1-19(2)9-16-24-25(33-18-21-7-5-4-6-8-21)17-22(26(27(24)30)28(31)32-3)13-10-20-11-14-23(29)15-12-20/h4-15,17,30H,16,18H2,1-3H3. The summed E-state index contributed by atoms with van der Waals surface area (Å²) in [5, 5.41) is 11.1. The smallest absolute Gasteiger partial charge is 0.342 e. The van der Waals surface area contributed by atoms with Crippen LogP contribution in [0.2, 0.25) is 0 Å². The average molecular weight is 447 g/mol. The molecule has 0 aliphatic rings. The molecule has 1 N–H and O–H groups in total. The number of halogens is 1. The third-order valence-electron chi connectivity index (χ3n) is 5.06. The van der Waals surface area contributed by atoms with Crippen LogP contribution >= 0.6 is 0 Å². The van der Waals surface area contributed by atoms with Crippen LogP contribution in [0.25, 0.3) is 12.2 Å². The van der Waals surface area contributed by atoms with E-state index in [1.165, 1.54) is 19.2 Å². The van der Waals surface area contributed by atoms with E-state index in [0.29, 0.717) is 29.9 Å². The van der Waals surface area contributed by atoms with Crippen molar-refractivity contribution < 1.29 is 23.8 Å². The first kappa shape index (κ1) is 23.8. The SMILES string of the molecule is COC(=O)c1c(C=Cc2ccc(F)cc2)cc(OCc2ccccc2)c(CC=C(C)C)c1O. The number of methoxy groups -OCH3 is 1. The highest BCUT2D eigenvalue weighted by atomic mass is 19.1. The van der Waals surface area contributed by atoms with Gasteiger partial charge in [0.05, 0.1) is 7.11 Å². The van der Waals surface area contributed by atoms with Crippen LogP contribution in [-0.4, -0.2) is 18.2 Å². The van der Waals surface area contributed by atoms with Crippen molar-refractivity contribution in [2.45, 2.75) is 26.9 Å². The van der Waals surface area contributed by atoms with Crippen molar-refractivity contribution in [3.05, 3.63) is 106 Å². The maximum Gasteiger partial charge on any atom is 0.342 e. The van der Waals surface area contributed by atoms with Crippen LogP contribution in [0, 0.1) is 5.82 Å². The number of carbonyl (C=O) groups is 1. The van der Waals surface area contributed by atoms with Gasteiger partial charge in [0, 0.05) is 5.56 Å². The molecule has 0 aromatic heterocycles. The number of phenols is 1. The lowest BCUT2D eigenvalue weighted by molar-refractivity contribution is 0.0597. The van der Waals surface area contributed by atoms with Crippen molar-refractivity contribution >= 4 is 18.1 Å². The fourth-order valence-corrected chi connectivity index (χ4v) is 3.28.